The van der Waals surface area contributed by atoms with Crippen LogP contribution in [0.3, 0.4) is 0 Å². The van der Waals surface area contributed by atoms with Gasteiger partial charge in [-0.05, 0) is 31.5 Å². The number of benzene rings is 2. The second kappa shape index (κ2) is 8.01. The molecule has 0 heterocycles. The Morgan fingerprint density at radius 2 is 1.50 bits per heavy atom. The summed E-state index contributed by atoms with van der Waals surface area (Å²) in [5.74, 6) is -9.66. The fourth-order valence-corrected chi connectivity index (χ4v) is 2.08. The molecule has 0 unspecified atom stereocenters. The molecule has 142 valence electrons. The average molecular weight is 376 g/mol. The summed E-state index contributed by atoms with van der Waals surface area (Å²) < 4.78 is 77.5. The Labute approximate surface area is 147 Å². The van der Waals surface area contributed by atoms with E-state index in [1.807, 2.05) is 0 Å². The Morgan fingerprint density at radius 1 is 0.923 bits per heavy atom. The van der Waals surface area contributed by atoms with E-state index in [1.54, 1.807) is 24.3 Å². The predicted molar refractivity (Wildman–Crippen MR) is 83.0 cm³/mol. The van der Waals surface area contributed by atoms with Gasteiger partial charge in [-0.15, -0.1) is 0 Å². The molecule has 8 heteroatoms. The molecule has 2 rings (SSSR count). The van der Waals surface area contributed by atoms with Gasteiger partial charge in [0, 0.05) is 0 Å². The Balaban J connectivity index is 2.06. The summed E-state index contributed by atoms with van der Waals surface area (Å²) >= 11 is 0. The van der Waals surface area contributed by atoms with E-state index in [2.05, 4.69) is 0 Å². The first-order valence-electron chi connectivity index (χ1n) is 7.63. The summed E-state index contributed by atoms with van der Waals surface area (Å²) in [6, 6.07) is 6.60. The average Bonchev–Trinajstić information content (AvgIpc) is 2.63. The lowest BCUT2D eigenvalue weighted by Crippen LogP contribution is -2.32. The molecule has 0 fully saturated rings. The van der Waals surface area contributed by atoms with E-state index >= 15 is 0 Å². The largest absolute Gasteiger partial charge is 0.491 e. The second-order valence-corrected chi connectivity index (χ2v) is 6.19. The number of hydrogen-bond donors (Lipinski definition) is 1. The molecule has 0 aliphatic rings. The Morgan fingerprint density at radius 3 is 2.08 bits per heavy atom. The molecular formula is C18H17F5O3. The minimum atomic E-state index is -2.21. The second-order valence-electron chi connectivity index (χ2n) is 6.19. The van der Waals surface area contributed by atoms with Crippen molar-refractivity contribution in [3.05, 3.63) is 64.5 Å². The van der Waals surface area contributed by atoms with Gasteiger partial charge in [-0.2, -0.15) is 0 Å². The van der Waals surface area contributed by atoms with Gasteiger partial charge in [0.1, 0.15) is 12.4 Å². The summed E-state index contributed by atoms with van der Waals surface area (Å²) in [7, 11) is 0. The fourth-order valence-electron chi connectivity index (χ4n) is 2.08. The molecule has 2 aromatic carbocycles. The van der Waals surface area contributed by atoms with E-state index in [-0.39, 0.29) is 13.2 Å². The molecule has 0 bridgehead atoms. The molecular weight excluding hydrogens is 359 g/mol. The van der Waals surface area contributed by atoms with Gasteiger partial charge in [0.05, 0.1) is 24.4 Å². The van der Waals surface area contributed by atoms with E-state index in [1.165, 1.54) is 13.8 Å². The number of rotatable bonds is 7. The van der Waals surface area contributed by atoms with E-state index in [0.717, 1.165) is 0 Å². The van der Waals surface area contributed by atoms with Crippen molar-refractivity contribution in [3.63, 3.8) is 0 Å². The molecule has 0 amide bonds. The van der Waals surface area contributed by atoms with Crippen LogP contribution >= 0.6 is 0 Å². The smallest absolute Gasteiger partial charge is 0.200 e. The highest BCUT2D eigenvalue weighted by atomic mass is 19.2. The minimum Gasteiger partial charge on any atom is -0.491 e. The van der Waals surface area contributed by atoms with Gasteiger partial charge in [-0.25, -0.2) is 22.0 Å². The third-order valence-electron chi connectivity index (χ3n) is 3.58. The Kier molecular flexibility index (Phi) is 6.20. The summed E-state index contributed by atoms with van der Waals surface area (Å²) in [6.07, 6.45) is 0. The van der Waals surface area contributed by atoms with Crippen LogP contribution in [0.4, 0.5) is 22.0 Å². The van der Waals surface area contributed by atoms with Gasteiger partial charge >= 0.3 is 0 Å². The van der Waals surface area contributed by atoms with Crippen LogP contribution in [0.1, 0.15) is 25.0 Å². The topological polar surface area (TPSA) is 38.7 Å². The van der Waals surface area contributed by atoms with Gasteiger partial charge in [0.25, 0.3) is 0 Å². The number of halogens is 5. The first-order valence-corrected chi connectivity index (χ1v) is 7.63. The normalized spacial score (nSPS) is 11.7. The highest BCUT2D eigenvalue weighted by Crippen LogP contribution is 2.25. The van der Waals surface area contributed by atoms with Crippen LogP contribution in [0, 0.1) is 29.1 Å². The molecule has 26 heavy (non-hydrogen) atoms. The van der Waals surface area contributed by atoms with Crippen LogP contribution in [0.25, 0.3) is 0 Å². The highest BCUT2D eigenvalue weighted by molar-refractivity contribution is 5.28. The fraction of sp³-hybridized carbons (Fsp3) is 0.333. The van der Waals surface area contributed by atoms with Gasteiger partial charge in [-0.1, -0.05) is 12.1 Å². The summed E-state index contributed by atoms with van der Waals surface area (Å²) in [5.41, 5.74) is -1.51. The van der Waals surface area contributed by atoms with E-state index in [4.69, 9.17) is 14.6 Å². The van der Waals surface area contributed by atoms with Crippen molar-refractivity contribution in [1.29, 1.82) is 0 Å². The maximum atomic E-state index is 13.7. The van der Waals surface area contributed by atoms with Crippen LogP contribution in [-0.4, -0.2) is 17.3 Å². The third kappa shape index (κ3) is 4.50. The quantitative estimate of drug-likeness (QED) is 0.446. The predicted octanol–water partition coefficient (Wildman–Crippen LogP) is 4.25. The van der Waals surface area contributed by atoms with E-state index in [0.29, 0.717) is 11.3 Å². The standard InChI is InChI=1S/C18H17F5O3/c1-18(2,9-25-11-5-3-4-10(6-11)7-24)26-8-12-13(19)15(21)17(23)16(22)14(12)20/h3-6,24H,7-9H2,1-2H3. The van der Waals surface area contributed by atoms with Crippen LogP contribution in [0.5, 0.6) is 5.75 Å². The van der Waals surface area contributed by atoms with E-state index in [9.17, 15) is 22.0 Å². The zero-order valence-electron chi connectivity index (χ0n) is 14.1. The zero-order valence-corrected chi connectivity index (χ0v) is 14.1. The van der Waals surface area contributed by atoms with Gasteiger partial charge in [0.2, 0.25) is 5.82 Å². The Hall–Kier alpha value is -2.19. The highest BCUT2D eigenvalue weighted by Gasteiger charge is 2.28. The lowest BCUT2D eigenvalue weighted by atomic mass is 10.1. The van der Waals surface area contributed by atoms with Crippen molar-refractivity contribution in [1.82, 2.24) is 0 Å². The summed E-state index contributed by atoms with van der Waals surface area (Å²) in [4.78, 5) is 0. The van der Waals surface area contributed by atoms with Crippen LogP contribution in [0.2, 0.25) is 0 Å². The first kappa shape index (κ1) is 20.1. The molecule has 0 aliphatic heterocycles. The van der Waals surface area contributed by atoms with Crippen molar-refractivity contribution in [2.45, 2.75) is 32.7 Å². The van der Waals surface area contributed by atoms with Crippen molar-refractivity contribution in [2.75, 3.05) is 6.61 Å². The van der Waals surface area contributed by atoms with Crippen LogP contribution in [0.15, 0.2) is 24.3 Å². The van der Waals surface area contributed by atoms with Crippen LogP contribution in [-0.2, 0) is 18.0 Å². The molecule has 0 spiro atoms. The van der Waals surface area contributed by atoms with Gasteiger partial charge in [-0.3, -0.25) is 0 Å². The molecule has 3 nitrogen and oxygen atoms in total. The van der Waals surface area contributed by atoms with Crippen LogP contribution < -0.4 is 4.74 Å². The lowest BCUT2D eigenvalue weighted by Gasteiger charge is -2.26. The number of aliphatic hydroxyl groups excluding tert-OH is 1. The lowest BCUT2D eigenvalue weighted by molar-refractivity contribution is -0.0590. The SMILES string of the molecule is CC(C)(COc1cccc(CO)c1)OCc1c(F)c(F)c(F)c(F)c1F. The molecule has 0 aliphatic carbocycles. The van der Waals surface area contributed by atoms with Crippen molar-refractivity contribution < 1.29 is 36.5 Å². The zero-order chi connectivity index (χ0) is 19.5. The van der Waals surface area contributed by atoms with Crippen molar-refractivity contribution in [2.24, 2.45) is 0 Å². The number of hydrogen-bond acceptors (Lipinski definition) is 3. The molecule has 2 aromatic rings. The van der Waals surface area contributed by atoms with Crippen molar-refractivity contribution >= 4 is 0 Å². The maximum Gasteiger partial charge on any atom is 0.200 e. The van der Waals surface area contributed by atoms with Gasteiger partial charge < -0.3 is 14.6 Å². The molecule has 0 saturated carbocycles. The summed E-state index contributed by atoms with van der Waals surface area (Å²) in [5, 5.41) is 9.08. The molecule has 0 aromatic heterocycles. The summed E-state index contributed by atoms with van der Waals surface area (Å²) in [6.45, 7) is 2.03. The van der Waals surface area contributed by atoms with E-state index < -0.39 is 46.9 Å². The molecule has 0 radical (unpaired) electrons. The Bertz CT molecular complexity index is 764. The van der Waals surface area contributed by atoms with Crippen molar-refractivity contribution in [3.8, 4) is 5.75 Å². The first-order chi connectivity index (χ1) is 12.2. The molecule has 0 atom stereocenters. The monoisotopic (exact) mass is 376 g/mol. The maximum absolute atomic E-state index is 13.7. The minimum absolute atomic E-state index is 0.0583. The third-order valence-corrected chi connectivity index (χ3v) is 3.58. The van der Waals surface area contributed by atoms with Gasteiger partial charge in [0.15, 0.2) is 23.3 Å². The number of ether oxygens (including phenoxy) is 2. The molecule has 1 N–H and O–H groups in total. The number of aliphatic hydroxyl groups is 1. The molecule has 0 saturated heterocycles.